The van der Waals surface area contributed by atoms with Gasteiger partial charge in [0.15, 0.2) is 5.13 Å². The van der Waals surface area contributed by atoms with Crippen LogP contribution in [0.5, 0.6) is 0 Å². The minimum Gasteiger partial charge on any atom is -0.357 e. The van der Waals surface area contributed by atoms with Gasteiger partial charge in [0.05, 0.1) is 10.6 Å². The average Bonchev–Trinajstić information content (AvgIpc) is 3.17. The maximum absolute atomic E-state index is 10.6. The molecule has 0 aliphatic heterocycles. The summed E-state index contributed by atoms with van der Waals surface area (Å²) < 4.78 is 1.78. The van der Waals surface area contributed by atoms with Crippen LogP contribution in [0.2, 0.25) is 0 Å². The monoisotopic (exact) mass is 301 g/mol. The average molecular weight is 301 g/mol. The molecule has 7 nitrogen and oxygen atoms in total. The topological polar surface area (TPSA) is 85.9 Å². The van der Waals surface area contributed by atoms with Crippen LogP contribution in [0.4, 0.5) is 10.1 Å². The third-order valence-corrected chi connectivity index (χ3v) is 3.75. The Hall–Kier alpha value is -2.74. The van der Waals surface area contributed by atoms with Crippen molar-refractivity contribution in [3.05, 3.63) is 64.6 Å². The van der Waals surface area contributed by atoms with E-state index < -0.39 is 4.92 Å². The summed E-state index contributed by atoms with van der Waals surface area (Å²) in [4.78, 5) is 14.2. The first-order chi connectivity index (χ1) is 10.2. The Kier molecular flexibility index (Phi) is 3.61. The minimum atomic E-state index is -0.444. The van der Waals surface area contributed by atoms with Crippen LogP contribution >= 0.6 is 11.3 Å². The van der Waals surface area contributed by atoms with Gasteiger partial charge in [-0.2, -0.15) is 5.10 Å². The summed E-state index contributed by atoms with van der Waals surface area (Å²) in [5.41, 5.74) is 1.99. The molecule has 0 atom stereocenters. The van der Waals surface area contributed by atoms with Gasteiger partial charge in [-0.15, -0.1) is 0 Å². The van der Waals surface area contributed by atoms with Crippen molar-refractivity contribution in [3.63, 3.8) is 0 Å². The molecule has 0 saturated carbocycles. The Morgan fingerprint density at radius 3 is 2.90 bits per heavy atom. The predicted molar refractivity (Wildman–Crippen MR) is 79.7 cm³/mol. The lowest BCUT2D eigenvalue weighted by molar-refractivity contribution is -0.380. The van der Waals surface area contributed by atoms with Crippen molar-refractivity contribution in [2.75, 3.05) is 5.32 Å². The molecule has 0 bridgehead atoms. The molecule has 1 aromatic carbocycles. The van der Waals surface area contributed by atoms with Crippen molar-refractivity contribution >= 4 is 21.5 Å². The van der Waals surface area contributed by atoms with E-state index in [1.165, 1.54) is 6.20 Å². The molecule has 0 aliphatic carbocycles. The number of anilines is 1. The van der Waals surface area contributed by atoms with Gasteiger partial charge in [-0.3, -0.25) is 10.1 Å². The summed E-state index contributed by atoms with van der Waals surface area (Å²) in [5.74, 6) is 0. The third kappa shape index (κ3) is 2.90. The lowest BCUT2D eigenvalue weighted by Gasteiger charge is -2.09. The summed E-state index contributed by atoms with van der Waals surface area (Å²) >= 11 is 1.02. The highest BCUT2D eigenvalue weighted by Crippen LogP contribution is 2.25. The molecular formula is C13H11N5O2S. The fraction of sp³-hybridized carbons (Fsp3) is 0.0769. The fourth-order valence-electron chi connectivity index (χ4n) is 1.90. The molecule has 0 unspecified atom stereocenters. The van der Waals surface area contributed by atoms with Gasteiger partial charge in [0.25, 0.3) is 0 Å². The van der Waals surface area contributed by atoms with E-state index >= 15 is 0 Å². The van der Waals surface area contributed by atoms with Crippen LogP contribution < -0.4 is 5.32 Å². The van der Waals surface area contributed by atoms with Gasteiger partial charge >= 0.3 is 5.00 Å². The van der Waals surface area contributed by atoms with Crippen LogP contribution in [0.15, 0.2) is 48.9 Å². The first-order valence-corrected chi connectivity index (χ1v) is 6.98. The van der Waals surface area contributed by atoms with Gasteiger partial charge in [-0.25, -0.2) is 9.67 Å². The molecule has 2 heterocycles. The Labute approximate surface area is 124 Å². The Balaban J connectivity index is 1.77. The number of nitro groups is 1. The van der Waals surface area contributed by atoms with Crippen molar-refractivity contribution in [3.8, 4) is 5.69 Å². The highest BCUT2D eigenvalue weighted by atomic mass is 32.1. The van der Waals surface area contributed by atoms with Crippen LogP contribution in [0.1, 0.15) is 5.56 Å². The van der Waals surface area contributed by atoms with Crippen molar-refractivity contribution in [2.45, 2.75) is 6.54 Å². The molecular weight excluding hydrogens is 290 g/mol. The molecule has 0 amide bonds. The minimum absolute atomic E-state index is 0.0258. The molecule has 3 aromatic rings. The van der Waals surface area contributed by atoms with E-state index in [0.29, 0.717) is 11.7 Å². The zero-order valence-electron chi connectivity index (χ0n) is 10.8. The van der Waals surface area contributed by atoms with E-state index in [0.717, 1.165) is 22.6 Å². The first-order valence-electron chi connectivity index (χ1n) is 6.16. The molecule has 0 saturated heterocycles. The number of benzene rings is 1. The summed E-state index contributed by atoms with van der Waals surface area (Å²) in [6, 6.07) is 9.68. The standard InChI is InChI=1S/C13H11N5O2S/c19-18(20)12-9-15-13(21-12)14-8-10-4-1-2-5-11(10)17-7-3-6-16-17/h1-7,9H,8H2,(H,14,15). The van der Waals surface area contributed by atoms with Gasteiger partial charge in [0.1, 0.15) is 6.20 Å². The SMILES string of the molecule is O=[N+]([O-])c1cnc(NCc2ccccc2-n2cccn2)s1. The van der Waals surface area contributed by atoms with Crippen LogP contribution in [0, 0.1) is 10.1 Å². The van der Waals surface area contributed by atoms with Gasteiger partial charge in [0.2, 0.25) is 0 Å². The van der Waals surface area contributed by atoms with Crippen LogP contribution in [-0.4, -0.2) is 19.7 Å². The molecule has 106 valence electrons. The van der Waals surface area contributed by atoms with E-state index in [-0.39, 0.29) is 5.00 Å². The van der Waals surface area contributed by atoms with E-state index in [1.807, 2.05) is 36.5 Å². The Morgan fingerprint density at radius 2 is 2.19 bits per heavy atom. The molecule has 3 rings (SSSR count). The van der Waals surface area contributed by atoms with Gasteiger partial charge < -0.3 is 5.32 Å². The normalized spacial score (nSPS) is 10.5. The number of rotatable bonds is 5. The second-order valence-electron chi connectivity index (χ2n) is 4.19. The number of para-hydroxylation sites is 1. The summed E-state index contributed by atoms with van der Waals surface area (Å²) in [7, 11) is 0. The zero-order valence-corrected chi connectivity index (χ0v) is 11.7. The highest BCUT2D eigenvalue weighted by molar-refractivity contribution is 7.18. The maximum atomic E-state index is 10.6. The van der Waals surface area contributed by atoms with Gasteiger partial charge in [-0.05, 0) is 29.0 Å². The number of aromatic nitrogens is 3. The molecule has 1 N–H and O–H groups in total. The fourth-order valence-corrected chi connectivity index (χ4v) is 2.53. The summed E-state index contributed by atoms with van der Waals surface area (Å²) in [6.07, 6.45) is 4.84. The van der Waals surface area contributed by atoms with E-state index in [4.69, 9.17) is 0 Å². The highest BCUT2D eigenvalue weighted by Gasteiger charge is 2.11. The van der Waals surface area contributed by atoms with Crippen LogP contribution in [0.25, 0.3) is 5.69 Å². The van der Waals surface area contributed by atoms with E-state index in [1.54, 1.807) is 10.9 Å². The number of nitrogens with zero attached hydrogens (tertiary/aromatic N) is 4. The number of hydrogen-bond acceptors (Lipinski definition) is 6. The quantitative estimate of drug-likeness (QED) is 0.578. The first kappa shape index (κ1) is 13.3. The van der Waals surface area contributed by atoms with Gasteiger partial charge in [0, 0.05) is 18.9 Å². The second kappa shape index (κ2) is 5.71. The number of thiazole rings is 1. The van der Waals surface area contributed by atoms with Crippen LogP contribution in [-0.2, 0) is 6.54 Å². The third-order valence-electron chi connectivity index (χ3n) is 2.85. The molecule has 0 radical (unpaired) electrons. The molecule has 8 heteroatoms. The predicted octanol–water partition coefficient (Wildman–Crippen LogP) is 2.85. The molecule has 0 fully saturated rings. The van der Waals surface area contributed by atoms with E-state index in [9.17, 15) is 10.1 Å². The molecule has 2 aromatic heterocycles. The Bertz CT molecular complexity index is 754. The second-order valence-corrected chi connectivity index (χ2v) is 5.20. The van der Waals surface area contributed by atoms with Crippen LogP contribution in [0.3, 0.4) is 0 Å². The van der Waals surface area contributed by atoms with Crippen molar-refractivity contribution in [2.24, 2.45) is 0 Å². The van der Waals surface area contributed by atoms with E-state index in [2.05, 4.69) is 15.4 Å². The lowest BCUT2D eigenvalue weighted by Crippen LogP contribution is -2.05. The summed E-state index contributed by atoms with van der Waals surface area (Å²) in [6.45, 7) is 0.515. The smallest absolute Gasteiger partial charge is 0.345 e. The van der Waals surface area contributed by atoms with Crippen molar-refractivity contribution in [1.82, 2.24) is 14.8 Å². The number of hydrogen-bond donors (Lipinski definition) is 1. The van der Waals surface area contributed by atoms with Gasteiger partial charge in [-0.1, -0.05) is 18.2 Å². The van der Waals surface area contributed by atoms with Crippen molar-refractivity contribution in [1.29, 1.82) is 0 Å². The Morgan fingerprint density at radius 1 is 1.33 bits per heavy atom. The zero-order chi connectivity index (χ0) is 14.7. The molecule has 21 heavy (non-hydrogen) atoms. The van der Waals surface area contributed by atoms with Crippen molar-refractivity contribution < 1.29 is 4.92 Å². The summed E-state index contributed by atoms with van der Waals surface area (Å²) in [5, 5.41) is 18.5. The molecule has 0 spiro atoms. The lowest BCUT2D eigenvalue weighted by atomic mass is 10.2. The largest absolute Gasteiger partial charge is 0.357 e. The number of nitrogens with one attached hydrogen (secondary N) is 1. The maximum Gasteiger partial charge on any atom is 0.345 e. The molecule has 0 aliphatic rings.